The van der Waals surface area contributed by atoms with Crippen molar-refractivity contribution >= 4 is 28.2 Å². The molecule has 0 aliphatic heterocycles. The molecule has 0 aliphatic carbocycles. The molecule has 4 aromatic rings. The quantitative estimate of drug-likeness (QED) is 0.373. The predicted octanol–water partition coefficient (Wildman–Crippen LogP) is 3.52. The molecule has 0 spiro atoms. The van der Waals surface area contributed by atoms with Gasteiger partial charge in [0.2, 0.25) is 0 Å². The number of hydrogen-bond donors (Lipinski definition) is 3. The van der Waals surface area contributed by atoms with Crippen molar-refractivity contribution in [3.8, 4) is 11.1 Å². The zero-order chi connectivity index (χ0) is 24.6. The van der Waals surface area contributed by atoms with Crippen LogP contribution in [0.3, 0.4) is 0 Å². The maximum atomic E-state index is 12.9. The van der Waals surface area contributed by atoms with Gasteiger partial charge in [0.25, 0.3) is 5.56 Å². The van der Waals surface area contributed by atoms with Crippen LogP contribution in [0.2, 0.25) is 5.02 Å². The molecule has 34 heavy (non-hydrogen) atoms. The van der Waals surface area contributed by atoms with E-state index in [1.165, 1.54) is 0 Å². The highest BCUT2D eigenvalue weighted by Crippen LogP contribution is 2.26. The Morgan fingerprint density at radius 1 is 1.12 bits per heavy atom. The number of hydrogen-bond acceptors (Lipinski definition) is 6. The number of rotatable bonds is 7. The zero-order valence-electron chi connectivity index (χ0n) is 19.6. The second kappa shape index (κ2) is 9.21. The standard InChI is InChI=1S/C25H28ClN5O3/c1-15(32)11-27-19-6-8-21(26)17(9-19)14-31-22-10-16(5-7-20(22)23(33)30(31)4)18-12-28-24(29-13-18)25(2,3)34/h5-10,12-13,15,27,32,34H,11,14H2,1-4H3. The summed E-state index contributed by atoms with van der Waals surface area (Å²) in [5.41, 5.74) is 2.84. The summed E-state index contributed by atoms with van der Waals surface area (Å²) in [6, 6.07) is 11.2. The largest absolute Gasteiger partial charge is 0.392 e. The summed E-state index contributed by atoms with van der Waals surface area (Å²) in [6.07, 6.45) is 2.86. The fourth-order valence-corrected chi connectivity index (χ4v) is 3.95. The van der Waals surface area contributed by atoms with E-state index in [2.05, 4.69) is 15.3 Å². The Balaban J connectivity index is 1.73. The molecule has 9 heteroatoms. The van der Waals surface area contributed by atoms with Crippen molar-refractivity contribution < 1.29 is 10.2 Å². The first-order chi connectivity index (χ1) is 16.0. The van der Waals surface area contributed by atoms with Crippen LogP contribution in [0.1, 0.15) is 32.2 Å². The SMILES string of the molecule is CC(O)CNc1ccc(Cl)c(Cn2c3cc(-c4cnc(C(C)(C)O)nc4)ccc3c(=O)n2C)c1. The number of anilines is 1. The number of halogens is 1. The second-order valence-electron chi connectivity index (χ2n) is 9.01. The van der Waals surface area contributed by atoms with E-state index in [1.54, 1.807) is 57.0 Å². The molecule has 2 heterocycles. The van der Waals surface area contributed by atoms with E-state index in [0.717, 1.165) is 27.9 Å². The number of aromatic nitrogens is 4. The maximum absolute atomic E-state index is 12.9. The Hall–Kier alpha value is -3.20. The lowest BCUT2D eigenvalue weighted by atomic mass is 10.1. The number of fused-ring (bicyclic) bond motifs is 1. The molecular formula is C25H28ClN5O3. The number of nitrogens with one attached hydrogen (secondary N) is 1. The molecule has 1 unspecified atom stereocenters. The van der Waals surface area contributed by atoms with E-state index >= 15 is 0 Å². The van der Waals surface area contributed by atoms with Crippen molar-refractivity contribution in [2.75, 3.05) is 11.9 Å². The highest BCUT2D eigenvalue weighted by atomic mass is 35.5. The average Bonchev–Trinajstić information content (AvgIpc) is 3.03. The molecule has 0 saturated heterocycles. The second-order valence-corrected chi connectivity index (χ2v) is 9.42. The third-order valence-electron chi connectivity index (χ3n) is 5.66. The number of nitrogens with zero attached hydrogens (tertiary/aromatic N) is 4. The van der Waals surface area contributed by atoms with Crippen LogP contribution in [0.5, 0.6) is 0 Å². The van der Waals surface area contributed by atoms with Gasteiger partial charge < -0.3 is 15.5 Å². The lowest BCUT2D eigenvalue weighted by Crippen LogP contribution is -2.20. The van der Waals surface area contributed by atoms with E-state index in [1.807, 2.05) is 28.9 Å². The highest BCUT2D eigenvalue weighted by Gasteiger charge is 2.19. The third kappa shape index (κ3) is 4.84. The third-order valence-corrected chi connectivity index (χ3v) is 6.03. The number of aliphatic hydroxyl groups excluding tert-OH is 1. The molecule has 1 atom stereocenters. The summed E-state index contributed by atoms with van der Waals surface area (Å²) >= 11 is 6.48. The lowest BCUT2D eigenvalue weighted by molar-refractivity contribution is 0.0687. The lowest BCUT2D eigenvalue weighted by Gasteiger charge is -2.15. The van der Waals surface area contributed by atoms with Crippen molar-refractivity contribution in [3.05, 3.63) is 75.6 Å². The van der Waals surface area contributed by atoms with Crippen molar-refractivity contribution in [2.24, 2.45) is 7.05 Å². The number of benzene rings is 2. The maximum Gasteiger partial charge on any atom is 0.274 e. The van der Waals surface area contributed by atoms with Crippen molar-refractivity contribution in [2.45, 2.75) is 39.0 Å². The van der Waals surface area contributed by atoms with Gasteiger partial charge in [-0.3, -0.25) is 14.2 Å². The Labute approximate surface area is 202 Å². The molecular weight excluding hydrogens is 454 g/mol. The van der Waals surface area contributed by atoms with Gasteiger partial charge in [-0.05, 0) is 62.2 Å². The smallest absolute Gasteiger partial charge is 0.274 e. The minimum atomic E-state index is -1.12. The van der Waals surface area contributed by atoms with Gasteiger partial charge in [-0.15, -0.1) is 0 Å². The molecule has 0 fully saturated rings. The van der Waals surface area contributed by atoms with Gasteiger partial charge in [-0.25, -0.2) is 9.97 Å². The summed E-state index contributed by atoms with van der Waals surface area (Å²) in [5.74, 6) is 0.340. The van der Waals surface area contributed by atoms with Crippen LogP contribution in [-0.4, -0.2) is 42.2 Å². The molecule has 0 bridgehead atoms. The summed E-state index contributed by atoms with van der Waals surface area (Å²) in [4.78, 5) is 21.5. The van der Waals surface area contributed by atoms with Gasteiger partial charge >= 0.3 is 0 Å². The van der Waals surface area contributed by atoms with Crippen LogP contribution in [0, 0.1) is 0 Å². The van der Waals surface area contributed by atoms with E-state index in [0.29, 0.717) is 29.3 Å². The van der Waals surface area contributed by atoms with E-state index in [9.17, 15) is 15.0 Å². The zero-order valence-corrected chi connectivity index (χ0v) is 20.3. The first-order valence-corrected chi connectivity index (χ1v) is 11.4. The Morgan fingerprint density at radius 3 is 2.47 bits per heavy atom. The van der Waals surface area contributed by atoms with E-state index in [4.69, 9.17) is 11.6 Å². The Bertz CT molecular complexity index is 1380. The minimum absolute atomic E-state index is 0.102. The molecule has 2 aromatic heterocycles. The van der Waals surface area contributed by atoms with Gasteiger partial charge in [0, 0.05) is 42.3 Å². The Morgan fingerprint density at radius 2 is 1.82 bits per heavy atom. The first-order valence-electron chi connectivity index (χ1n) is 11.0. The molecule has 0 aliphatic rings. The molecule has 178 valence electrons. The summed E-state index contributed by atoms with van der Waals surface area (Å²) in [7, 11) is 1.73. The van der Waals surface area contributed by atoms with Crippen LogP contribution in [0.4, 0.5) is 5.69 Å². The normalized spacial score (nSPS) is 12.8. The van der Waals surface area contributed by atoms with E-state index in [-0.39, 0.29) is 5.56 Å². The summed E-state index contributed by atoms with van der Waals surface area (Å²) in [5, 5.41) is 24.0. The molecule has 8 nitrogen and oxygen atoms in total. The average molecular weight is 482 g/mol. The monoisotopic (exact) mass is 481 g/mol. The van der Waals surface area contributed by atoms with Crippen LogP contribution in [-0.2, 0) is 19.2 Å². The van der Waals surface area contributed by atoms with Gasteiger partial charge in [0.1, 0.15) is 5.60 Å². The van der Waals surface area contributed by atoms with Gasteiger partial charge in [-0.1, -0.05) is 17.7 Å². The molecule has 0 amide bonds. The molecule has 2 aromatic carbocycles. The minimum Gasteiger partial charge on any atom is -0.392 e. The van der Waals surface area contributed by atoms with Crippen LogP contribution in [0.25, 0.3) is 22.0 Å². The van der Waals surface area contributed by atoms with E-state index < -0.39 is 11.7 Å². The van der Waals surface area contributed by atoms with Gasteiger partial charge in [0.05, 0.1) is 23.6 Å². The Kier molecular flexibility index (Phi) is 6.49. The fourth-order valence-electron chi connectivity index (χ4n) is 3.77. The molecule has 4 rings (SSSR count). The van der Waals surface area contributed by atoms with Crippen LogP contribution < -0.4 is 10.9 Å². The van der Waals surface area contributed by atoms with Crippen molar-refractivity contribution in [1.29, 1.82) is 0 Å². The van der Waals surface area contributed by atoms with Crippen molar-refractivity contribution in [1.82, 2.24) is 19.3 Å². The number of aliphatic hydroxyl groups is 2. The van der Waals surface area contributed by atoms with Gasteiger partial charge in [-0.2, -0.15) is 0 Å². The molecule has 3 N–H and O–H groups in total. The highest BCUT2D eigenvalue weighted by molar-refractivity contribution is 6.31. The summed E-state index contributed by atoms with van der Waals surface area (Å²) < 4.78 is 3.46. The van der Waals surface area contributed by atoms with Gasteiger partial charge in [0.15, 0.2) is 5.82 Å². The predicted molar refractivity (Wildman–Crippen MR) is 134 cm³/mol. The van der Waals surface area contributed by atoms with Crippen LogP contribution in [0.15, 0.2) is 53.6 Å². The molecule has 0 radical (unpaired) electrons. The first kappa shape index (κ1) is 23.9. The summed E-state index contributed by atoms with van der Waals surface area (Å²) in [6.45, 7) is 5.79. The molecule has 0 saturated carbocycles. The topological polar surface area (TPSA) is 105 Å². The fraction of sp³-hybridized carbons (Fsp3) is 0.320. The van der Waals surface area contributed by atoms with Crippen LogP contribution >= 0.6 is 11.6 Å². The van der Waals surface area contributed by atoms with Crippen molar-refractivity contribution in [3.63, 3.8) is 0 Å².